The highest BCUT2D eigenvalue weighted by Gasteiger charge is 2.06. The first-order valence-corrected chi connectivity index (χ1v) is 8.12. The zero-order valence-corrected chi connectivity index (χ0v) is 14.3. The first-order valence-electron chi connectivity index (χ1n) is 8.12. The van der Waals surface area contributed by atoms with E-state index in [0.717, 1.165) is 27.9 Å². The number of ether oxygens (including phenoxy) is 1. The predicted octanol–water partition coefficient (Wildman–Crippen LogP) is 5.11. The Hall–Kier alpha value is -3.14. The van der Waals surface area contributed by atoms with Gasteiger partial charge in [-0.25, -0.2) is 4.79 Å². The Bertz CT molecular complexity index is 876. The molecule has 0 unspecified atom stereocenters. The summed E-state index contributed by atoms with van der Waals surface area (Å²) >= 11 is 0. The standard InChI is InChI=1S/C21H20N2O2/c1-15-8-9-20(11-16(15)2)23-21(24)25-14-17-5-3-6-18(12-17)19-7-4-10-22-13-19/h3-13H,14H2,1-2H3,(H,23,24). The second-order valence-electron chi connectivity index (χ2n) is 5.94. The number of amides is 1. The van der Waals surface area contributed by atoms with Crippen LogP contribution >= 0.6 is 0 Å². The third-order valence-corrected chi connectivity index (χ3v) is 4.05. The molecule has 0 saturated heterocycles. The van der Waals surface area contributed by atoms with Crippen LogP contribution in [0.15, 0.2) is 67.0 Å². The van der Waals surface area contributed by atoms with Crippen LogP contribution in [-0.4, -0.2) is 11.1 Å². The van der Waals surface area contributed by atoms with Gasteiger partial charge in [-0.15, -0.1) is 0 Å². The Morgan fingerprint density at radius 3 is 2.60 bits per heavy atom. The Labute approximate surface area is 147 Å². The van der Waals surface area contributed by atoms with E-state index in [1.807, 2.05) is 74.6 Å². The molecule has 1 amide bonds. The fraction of sp³-hybridized carbons (Fsp3) is 0.143. The van der Waals surface area contributed by atoms with Crippen molar-refractivity contribution in [2.45, 2.75) is 20.5 Å². The number of nitrogens with zero attached hydrogens (tertiary/aromatic N) is 1. The number of aryl methyl sites for hydroxylation is 2. The van der Waals surface area contributed by atoms with Crippen LogP contribution in [0.3, 0.4) is 0 Å². The van der Waals surface area contributed by atoms with Crippen LogP contribution in [0.4, 0.5) is 10.5 Å². The van der Waals surface area contributed by atoms with E-state index in [1.165, 1.54) is 5.56 Å². The summed E-state index contributed by atoms with van der Waals surface area (Å²) < 4.78 is 5.33. The van der Waals surface area contributed by atoms with Crippen molar-refractivity contribution in [3.63, 3.8) is 0 Å². The minimum Gasteiger partial charge on any atom is -0.444 e. The van der Waals surface area contributed by atoms with Crippen LogP contribution in [-0.2, 0) is 11.3 Å². The van der Waals surface area contributed by atoms with Crippen LogP contribution in [0.2, 0.25) is 0 Å². The van der Waals surface area contributed by atoms with Crippen LogP contribution in [0.25, 0.3) is 11.1 Å². The molecule has 2 aromatic carbocycles. The average Bonchev–Trinajstić information content (AvgIpc) is 2.64. The molecule has 0 saturated carbocycles. The Morgan fingerprint density at radius 2 is 1.84 bits per heavy atom. The number of carbonyl (C=O) groups excluding carboxylic acids is 1. The number of nitrogens with one attached hydrogen (secondary N) is 1. The van der Waals surface area contributed by atoms with Gasteiger partial charge >= 0.3 is 6.09 Å². The van der Waals surface area contributed by atoms with Gasteiger partial charge in [-0.2, -0.15) is 0 Å². The second-order valence-corrected chi connectivity index (χ2v) is 5.94. The number of hydrogen-bond donors (Lipinski definition) is 1. The quantitative estimate of drug-likeness (QED) is 0.722. The maximum atomic E-state index is 12.0. The number of anilines is 1. The van der Waals surface area contributed by atoms with E-state index in [0.29, 0.717) is 0 Å². The van der Waals surface area contributed by atoms with Crippen LogP contribution in [0.5, 0.6) is 0 Å². The number of hydrogen-bond acceptors (Lipinski definition) is 3. The first kappa shape index (κ1) is 16.7. The highest BCUT2D eigenvalue weighted by Crippen LogP contribution is 2.20. The highest BCUT2D eigenvalue weighted by atomic mass is 16.5. The molecule has 25 heavy (non-hydrogen) atoms. The SMILES string of the molecule is Cc1ccc(NC(=O)OCc2cccc(-c3cccnc3)c2)cc1C. The van der Waals surface area contributed by atoms with Crippen LogP contribution in [0, 0.1) is 13.8 Å². The third-order valence-electron chi connectivity index (χ3n) is 4.05. The highest BCUT2D eigenvalue weighted by molar-refractivity contribution is 5.84. The van der Waals surface area contributed by atoms with Crippen molar-refractivity contribution >= 4 is 11.8 Å². The van der Waals surface area contributed by atoms with Gasteiger partial charge in [0, 0.05) is 18.1 Å². The minimum atomic E-state index is -0.463. The summed E-state index contributed by atoms with van der Waals surface area (Å²) in [6, 6.07) is 17.6. The van der Waals surface area contributed by atoms with E-state index in [4.69, 9.17) is 4.74 Å². The Morgan fingerprint density at radius 1 is 1.00 bits per heavy atom. The first-order chi connectivity index (χ1) is 12.1. The van der Waals surface area contributed by atoms with E-state index in [-0.39, 0.29) is 6.61 Å². The fourth-order valence-corrected chi connectivity index (χ4v) is 2.50. The molecule has 1 aromatic heterocycles. The number of rotatable bonds is 4. The van der Waals surface area contributed by atoms with Gasteiger partial charge in [-0.3, -0.25) is 10.3 Å². The number of benzene rings is 2. The van der Waals surface area contributed by atoms with Crippen molar-refractivity contribution < 1.29 is 9.53 Å². The Balaban J connectivity index is 1.61. The molecule has 1 heterocycles. The van der Waals surface area contributed by atoms with Gasteiger partial charge in [0.25, 0.3) is 0 Å². The summed E-state index contributed by atoms with van der Waals surface area (Å²) in [6.45, 7) is 4.26. The normalized spacial score (nSPS) is 10.3. The molecule has 1 N–H and O–H groups in total. The van der Waals surface area contributed by atoms with Gasteiger partial charge in [0.2, 0.25) is 0 Å². The van der Waals surface area contributed by atoms with Gasteiger partial charge in [0.1, 0.15) is 6.61 Å². The molecule has 4 nitrogen and oxygen atoms in total. The van der Waals surface area contributed by atoms with E-state index < -0.39 is 6.09 Å². The molecule has 3 aromatic rings. The third kappa shape index (κ3) is 4.44. The van der Waals surface area contributed by atoms with Crippen molar-refractivity contribution in [2.75, 3.05) is 5.32 Å². The van der Waals surface area contributed by atoms with Crippen molar-refractivity contribution in [3.8, 4) is 11.1 Å². The molecule has 0 aliphatic rings. The van der Waals surface area contributed by atoms with Crippen molar-refractivity contribution in [1.82, 2.24) is 4.98 Å². The smallest absolute Gasteiger partial charge is 0.411 e. The topological polar surface area (TPSA) is 51.2 Å². The van der Waals surface area contributed by atoms with Crippen molar-refractivity contribution in [3.05, 3.63) is 83.7 Å². The van der Waals surface area contributed by atoms with Gasteiger partial charge in [0.05, 0.1) is 0 Å². The molecule has 0 aliphatic carbocycles. The Kier molecular flexibility index (Phi) is 5.09. The van der Waals surface area contributed by atoms with E-state index in [2.05, 4.69) is 10.3 Å². The molecule has 0 spiro atoms. The van der Waals surface area contributed by atoms with Gasteiger partial charge in [-0.05, 0) is 65.9 Å². The maximum Gasteiger partial charge on any atom is 0.411 e. The molecular formula is C21H20N2O2. The molecule has 0 fully saturated rings. The van der Waals surface area contributed by atoms with Crippen molar-refractivity contribution in [1.29, 1.82) is 0 Å². The van der Waals surface area contributed by atoms with Gasteiger partial charge in [0.15, 0.2) is 0 Å². The van der Waals surface area contributed by atoms with E-state index in [9.17, 15) is 4.79 Å². The summed E-state index contributed by atoms with van der Waals surface area (Å²) in [6.07, 6.45) is 3.09. The average molecular weight is 332 g/mol. The lowest BCUT2D eigenvalue weighted by Gasteiger charge is -2.09. The lowest BCUT2D eigenvalue weighted by molar-refractivity contribution is 0.155. The lowest BCUT2D eigenvalue weighted by Crippen LogP contribution is -2.13. The van der Waals surface area contributed by atoms with Gasteiger partial charge < -0.3 is 4.74 Å². The molecule has 126 valence electrons. The van der Waals surface area contributed by atoms with Crippen LogP contribution < -0.4 is 5.32 Å². The summed E-state index contributed by atoms with van der Waals surface area (Å²) in [5, 5.41) is 2.76. The van der Waals surface area contributed by atoms with E-state index in [1.54, 1.807) is 6.20 Å². The largest absolute Gasteiger partial charge is 0.444 e. The van der Waals surface area contributed by atoms with Crippen LogP contribution in [0.1, 0.15) is 16.7 Å². The summed E-state index contributed by atoms with van der Waals surface area (Å²) in [7, 11) is 0. The zero-order valence-electron chi connectivity index (χ0n) is 14.3. The number of carbonyl (C=O) groups is 1. The van der Waals surface area contributed by atoms with Gasteiger partial charge in [-0.1, -0.05) is 30.3 Å². The second kappa shape index (κ2) is 7.62. The maximum absolute atomic E-state index is 12.0. The molecule has 0 bridgehead atoms. The fourth-order valence-electron chi connectivity index (χ4n) is 2.50. The summed E-state index contributed by atoms with van der Waals surface area (Å²) in [5.74, 6) is 0. The molecule has 0 atom stereocenters. The monoisotopic (exact) mass is 332 g/mol. The molecule has 4 heteroatoms. The predicted molar refractivity (Wildman–Crippen MR) is 99.4 cm³/mol. The number of pyridine rings is 1. The lowest BCUT2D eigenvalue weighted by atomic mass is 10.1. The van der Waals surface area contributed by atoms with E-state index >= 15 is 0 Å². The zero-order chi connectivity index (χ0) is 17.6. The molecular weight excluding hydrogens is 312 g/mol. The molecule has 3 rings (SSSR count). The number of aromatic nitrogens is 1. The summed E-state index contributed by atoms with van der Waals surface area (Å²) in [5.41, 5.74) is 6.05. The minimum absolute atomic E-state index is 0.213. The van der Waals surface area contributed by atoms with Crippen molar-refractivity contribution in [2.24, 2.45) is 0 Å². The molecule has 0 radical (unpaired) electrons. The molecule has 0 aliphatic heterocycles. The summed E-state index contributed by atoms with van der Waals surface area (Å²) in [4.78, 5) is 16.1.